The van der Waals surface area contributed by atoms with Gasteiger partial charge >= 0.3 is 0 Å². The van der Waals surface area contributed by atoms with Gasteiger partial charge in [0, 0.05) is 13.2 Å². The fraction of sp³-hybridized carbons (Fsp3) is 0.846. The molecule has 1 aliphatic heterocycles. The number of hydrogen-bond donors (Lipinski definition) is 1. The largest absolute Gasteiger partial charge is 0.396 e. The third kappa shape index (κ3) is 4.19. The monoisotopic (exact) mass is 285 g/mol. The van der Waals surface area contributed by atoms with Crippen LogP contribution in [0.2, 0.25) is 0 Å². The van der Waals surface area contributed by atoms with Gasteiger partial charge in [0.25, 0.3) is 0 Å². The van der Waals surface area contributed by atoms with E-state index in [-0.39, 0.29) is 11.9 Å². The number of thioether (sulfide) groups is 1. The zero-order valence-electron chi connectivity index (χ0n) is 11.7. The molecule has 108 valence electrons. The molecule has 0 saturated carbocycles. The maximum atomic E-state index is 9.23. The molecule has 2 heterocycles. The predicted octanol–water partition coefficient (Wildman–Crippen LogP) is 2.09. The fourth-order valence-corrected chi connectivity index (χ4v) is 3.20. The molecular formula is C13H23N3O2S. The maximum Gasteiger partial charge on any atom is 0.240 e. The van der Waals surface area contributed by atoms with E-state index in [0.29, 0.717) is 18.4 Å². The van der Waals surface area contributed by atoms with E-state index in [0.717, 1.165) is 37.5 Å². The summed E-state index contributed by atoms with van der Waals surface area (Å²) >= 11 is 1.82. The Kier molecular flexibility index (Phi) is 5.66. The van der Waals surface area contributed by atoms with Gasteiger partial charge in [-0.3, -0.25) is 4.90 Å². The lowest BCUT2D eigenvalue weighted by atomic mass is 9.99. The van der Waals surface area contributed by atoms with Gasteiger partial charge < -0.3 is 9.63 Å². The number of hydrogen-bond acceptors (Lipinski definition) is 6. The molecule has 5 nitrogen and oxygen atoms in total. The molecule has 1 N–H and O–H groups in total. The summed E-state index contributed by atoms with van der Waals surface area (Å²) in [5.74, 6) is 2.93. The van der Waals surface area contributed by atoms with Crippen molar-refractivity contribution in [1.29, 1.82) is 0 Å². The van der Waals surface area contributed by atoms with E-state index in [9.17, 15) is 5.11 Å². The number of aliphatic hydroxyl groups is 1. The molecule has 6 heteroatoms. The minimum Gasteiger partial charge on any atom is -0.396 e. The Hall–Kier alpha value is -0.590. The summed E-state index contributed by atoms with van der Waals surface area (Å²) in [6, 6.07) is 0. The van der Waals surface area contributed by atoms with Gasteiger partial charge in [0.15, 0.2) is 5.82 Å². The van der Waals surface area contributed by atoms with Crippen LogP contribution in [-0.2, 0) is 6.54 Å². The first-order valence-electron chi connectivity index (χ1n) is 7.00. The highest BCUT2D eigenvalue weighted by Crippen LogP contribution is 2.25. The summed E-state index contributed by atoms with van der Waals surface area (Å²) in [5.41, 5.74) is 0. The first kappa shape index (κ1) is 14.8. The van der Waals surface area contributed by atoms with Crippen LogP contribution in [0.3, 0.4) is 0 Å². The van der Waals surface area contributed by atoms with Crippen LogP contribution in [0.4, 0.5) is 0 Å². The van der Waals surface area contributed by atoms with E-state index in [4.69, 9.17) is 4.52 Å². The quantitative estimate of drug-likeness (QED) is 0.863. The topological polar surface area (TPSA) is 62.4 Å². The lowest BCUT2D eigenvalue weighted by molar-refractivity contribution is 0.107. The van der Waals surface area contributed by atoms with Crippen molar-refractivity contribution in [3.05, 3.63) is 11.7 Å². The second kappa shape index (κ2) is 7.26. The third-order valence-corrected chi connectivity index (χ3v) is 4.53. The van der Waals surface area contributed by atoms with E-state index in [1.165, 1.54) is 0 Å². The van der Waals surface area contributed by atoms with Crippen LogP contribution in [0.5, 0.6) is 0 Å². The molecule has 1 aromatic heterocycles. The molecule has 1 aromatic rings. The van der Waals surface area contributed by atoms with Gasteiger partial charge in [-0.15, -0.1) is 0 Å². The molecule has 0 spiro atoms. The molecule has 0 aliphatic carbocycles. The van der Waals surface area contributed by atoms with Crippen molar-refractivity contribution in [2.45, 2.75) is 38.5 Å². The number of aromatic nitrogens is 2. The Balaban J connectivity index is 1.88. The zero-order chi connectivity index (χ0) is 13.7. The fourth-order valence-electron chi connectivity index (χ4n) is 2.46. The van der Waals surface area contributed by atoms with Crippen molar-refractivity contribution in [2.75, 3.05) is 25.4 Å². The molecule has 1 saturated heterocycles. The second-order valence-electron chi connectivity index (χ2n) is 5.07. The number of aliphatic hydroxyl groups excluding tert-OH is 1. The van der Waals surface area contributed by atoms with E-state index in [1.54, 1.807) is 0 Å². The minimum atomic E-state index is 0.274. The second-order valence-corrected chi connectivity index (χ2v) is 6.69. The first-order chi connectivity index (χ1) is 9.22. The molecule has 2 rings (SSSR count). The minimum absolute atomic E-state index is 0.274. The zero-order valence-corrected chi connectivity index (χ0v) is 12.5. The van der Waals surface area contributed by atoms with Crippen LogP contribution in [0.1, 0.15) is 43.7 Å². The molecule has 1 fully saturated rings. The highest BCUT2D eigenvalue weighted by atomic mass is 32.2. The van der Waals surface area contributed by atoms with Crippen LogP contribution in [0.15, 0.2) is 4.52 Å². The molecule has 19 heavy (non-hydrogen) atoms. The Morgan fingerprint density at radius 1 is 1.58 bits per heavy atom. The molecule has 0 radical (unpaired) electrons. The maximum absolute atomic E-state index is 9.23. The molecule has 0 bridgehead atoms. The standard InChI is InChI=1S/C13H23N3O2S/c1-3-19-10(2)13-14-12(18-15-13)8-16-6-4-5-11(7-16)9-17/h10-11,17H,3-9H2,1-2H3. The number of likely N-dealkylation sites (tertiary alicyclic amines) is 1. The van der Waals surface area contributed by atoms with Crippen molar-refractivity contribution in [1.82, 2.24) is 15.0 Å². The van der Waals surface area contributed by atoms with Crippen molar-refractivity contribution >= 4 is 11.8 Å². The van der Waals surface area contributed by atoms with Gasteiger partial charge in [0.2, 0.25) is 5.89 Å². The summed E-state index contributed by atoms with van der Waals surface area (Å²) in [7, 11) is 0. The third-order valence-electron chi connectivity index (χ3n) is 3.48. The van der Waals surface area contributed by atoms with E-state index in [2.05, 4.69) is 28.9 Å². The summed E-state index contributed by atoms with van der Waals surface area (Å²) in [6.45, 7) is 7.18. The molecule has 2 unspecified atom stereocenters. The van der Waals surface area contributed by atoms with E-state index in [1.807, 2.05) is 11.8 Å². The normalized spacial score (nSPS) is 22.6. The van der Waals surface area contributed by atoms with Crippen LogP contribution >= 0.6 is 11.8 Å². The van der Waals surface area contributed by atoms with Gasteiger partial charge in [0.1, 0.15) is 0 Å². The average molecular weight is 285 g/mol. The first-order valence-corrected chi connectivity index (χ1v) is 8.05. The summed E-state index contributed by atoms with van der Waals surface area (Å²) in [4.78, 5) is 6.76. The Labute approximate surface area is 118 Å². The van der Waals surface area contributed by atoms with Crippen molar-refractivity contribution in [3.8, 4) is 0 Å². The molecule has 2 atom stereocenters. The molecule has 1 aliphatic rings. The van der Waals surface area contributed by atoms with Gasteiger partial charge in [0.05, 0.1) is 11.8 Å². The average Bonchev–Trinajstić information content (AvgIpc) is 2.88. The smallest absolute Gasteiger partial charge is 0.240 e. The van der Waals surface area contributed by atoms with E-state index >= 15 is 0 Å². The Morgan fingerprint density at radius 3 is 3.16 bits per heavy atom. The summed E-state index contributed by atoms with van der Waals surface area (Å²) in [6.07, 6.45) is 2.25. The van der Waals surface area contributed by atoms with Gasteiger partial charge in [-0.05, 0) is 38.0 Å². The predicted molar refractivity (Wildman–Crippen MR) is 75.9 cm³/mol. The number of piperidine rings is 1. The lowest BCUT2D eigenvalue weighted by Crippen LogP contribution is -2.36. The van der Waals surface area contributed by atoms with Crippen molar-refractivity contribution in [2.24, 2.45) is 5.92 Å². The van der Waals surface area contributed by atoms with E-state index < -0.39 is 0 Å². The van der Waals surface area contributed by atoms with Crippen LogP contribution < -0.4 is 0 Å². The van der Waals surface area contributed by atoms with Crippen molar-refractivity contribution < 1.29 is 9.63 Å². The SMILES string of the molecule is CCSC(C)c1noc(CN2CCCC(CO)C2)n1. The lowest BCUT2D eigenvalue weighted by Gasteiger charge is -2.30. The van der Waals surface area contributed by atoms with Gasteiger partial charge in [-0.1, -0.05) is 12.1 Å². The van der Waals surface area contributed by atoms with Gasteiger partial charge in [-0.25, -0.2) is 0 Å². The molecule has 0 amide bonds. The summed E-state index contributed by atoms with van der Waals surface area (Å²) < 4.78 is 5.33. The Morgan fingerprint density at radius 2 is 2.42 bits per heavy atom. The summed E-state index contributed by atoms with van der Waals surface area (Å²) in [5, 5.41) is 13.6. The Bertz CT molecular complexity index is 386. The van der Waals surface area contributed by atoms with Crippen LogP contribution in [-0.4, -0.2) is 45.6 Å². The number of rotatable bonds is 6. The van der Waals surface area contributed by atoms with Gasteiger partial charge in [-0.2, -0.15) is 16.7 Å². The van der Waals surface area contributed by atoms with Crippen molar-refractivity contribution in [3.63, 3.8) is 0 Å². The molecular weight excluding hydrogens is 262 g/mol. The highest BCUT2D eigenvalue weighted by Gasteiger charge is 2.21. The van der Waals surface area contributed by atoms with Crippen LogP contribution in [0.25, 0.3) is 0 Å². The van der Waals surface area contributed by atoms with Crippen LogP contribution in [0, 0.1) is 5.92 Å². The number of nitrogens with zero attached hydrogens (tertiary/aromatic N) is 3. The highest BCUT2D eigenvalue weighted by molar-refractivity contribution is 7.99. The molecule has 0 aromatic carbocycles.